The number of para-hydroxylation sites is 2. The van der Waals surface area contributed by atoms with E-state index in [-0.39, 0.29) is 5.97 Å². The van der Waals surface area contributed by atoms with Crippen molar-refractivity contribution < 1.29 is 9.53 Å². The molecule has 0 amide bonds. The lowest BCUT2D eigenvalue weighted by Gasteiger charge is -2.20. The fourth-order valence-corrected chi connectivity index (χ4v) is 5.89. The number of hydrogen-bond donors (Lipinski definition) is 0. The van der Waals surface area contributed by atoms with Crippen molar-refractivity contribution in [3.05, 3.63) is 107 Å². The van der Waals surface area contributed by atoms with Gasteiger partial charge in [0.05, 0.1) is 27.6 Å². The average molecular weight is 585 g/mol. The molecule has 0 spiro atoms. The van der Waals surface area contributed by atoms with Crippen LogP contribution in [0.25, 0.3) is 44.6 Å². The van der Waals surface area contributed by atoms with E-state index in [1.165, 1.54) is 5.56 Å². The molecule has 0 aliphatic rings. The average Bonchev–Trinajstić information content (AvgIpc) is 3.53. The molecule has 0 saturated carbocycles. The fourth-order valence-electron chi connectivity index (χ4n) is 5.89. The molecule has 0 aliphatic heterocycles. The Morgan fingerprint density at radius 1 is 0.864 bits per heavy atom. The highest BCUT2D eigenvalue weighted by molar-refractivity contribution is 5.97. The van der Waals surface area contributed by atoms with Crippen molar-refractivity contribution in [1.82, 2.24) is 19.1 Å². The van der Waals surface area contributed by atoms with Gasteiger partial charge in [0, 0.05) is 25.6 Å². The summed E-state index contributed by atoms with van der Waals surface area (Å²) in [5, 5.41) is 0. The molecule has 224 valence electrons. The minimum atomic E-state index is -0.556. The van der Waals surface area contributed by atoms with E-state index in [1.807, 2.05) is 51.1 Å². The van der Waals surface area contributed by atoms with Crippen molar-refractivity contribution in [1.29, 1.82) is 0 Å². The Morgan fingerprint density at radius 3 is 2.32 bits per heavy atom. The van der Waals surface area contributed by atoms with Gasteiger partial charge in [0.1, 0.15) is 17.2 Å². The molecule has 0 aliphatic carbocycles. The van der Waals surface area contributed by atoms with Crippen LogP contribution in [0, 0.1) is 6.92 Å². The zero-order valence-corrected chi connectivity index (χ0v) is 26.5. The summed E-state index contributed by atoms with van der Waals surface area (Å²) in [6, 6.07) is 28.9. The molecule has 44 heavy (non-hydrogen) atoms. The van der Waals surface area contributed by atoms with Gasteiger partial charge >= 0.3 is 5.97 Å². The maximum absolute atomic E-state index is 13.0. The number of hydrogen-bond acceptors (Lipinski definition) is 4. The van der Waals surface area contributed by atoms with Crippen LogP contribution in [0.4, 0.5) is 0 Å². The summed E-state index contributed by atoms with van der Waals surface area (Å²) in [6.45, 7) is 10.7. The highest BCUT2D eigenvalue weighted by atomic mass is 16.6. The zero-order chi connectivity index (χ0) is 31.0. The maximum atomic E-state index is 13.0. The third-order valence-corrected chi connectivity index (χ3v) is 8.07. The first kappa shape index (κ1) is 29.4. The van der Waals surface area contributed by atoms with Crippen LogP contribution in [0.15, 0.2) is 84.9 Å². The quantitative estimate of drug-likeness (QED) is 0.168. The van der Waals surface area contributed by atoms with Gasteiger partial charge in [0.25, 0.3) is 0 Å². The molecule has 0 N–H and O–H groups in total. The van der Waals surface area contributed by atoms with E-state index in [9.17, 15) is 4.79 Å². The van der Waals surface area contributed by atoms with Gasteiger partial charge < -0.3 is 13.9 Å². The Hall–Kier alpha value is -4.71. The van der Waals surface area contributed by atoms with Crippen LogP contribution in [0.2, 0.25) is 0 Å². The normalized spacial score (nSPS) is 11.9. The molecule has 6 aromatic rings. The number of rotatable bonds is 8. The standard InChI is InChI=1S/C38H40N4O2/c1-7-8-17-34-40-35-25(2)22-28(36-39-31-15-11-12-16-32(31)41(36)6)23-33(35)42(34)24-26-18-20-27(21-19-26)29-13-9-10-14-30(29)37(43)44-38(3,4)5/h9-16,18-23H,7-8,17,24H2,1-6H3. The van der Waals surface area contributed by atoms with Crippen LogP contribution in [-0.4, -0.2) is 30.7 Å². The van der Waals surface area contributed by atoms with Crippen molar-refractivity contribution in [3.8, 4) is 22.5 Å². The Morgan fingerprint density at radius 2 is 1.59 bits per heavy atom. The van der Waals surface area contributed by atoms with E-state index >= 15 is 0 Å². The molecular weight excluding hydrogens is 544 g/mol. The van der Waals surface area contributed by atoms with E-state index in [0.29, 0.717) is 12.1 Å². The van der Waals surface area contributed by atoms with Gasteiger partial charge in [-0.15, -0.1) is 0 Å². The highest BCUT2D eigenvalue weighted by Gasteiger charge is 2.21. The van der Waals surface area contributed by atoms with Gasteiger partial charge in [-0.25, -0.2) is 14.8 Å². The van der Waals surface area contributed by atoms with E-state index in [1.54, 1.807) is 0 Å². The number of imidazole rings is 2. The first-order chi connectivity index (χ1) is 21.1. The smallest absolute Gasteiger partial charge is 0.339 e. The van der Waals surface area contributed by atoms with Crippen molar-refractivity contribution in [3.63, 3.8) is 0 Å². The number of unbranched alkanes of at least 4 members (excludes halogenated alkanes) is 1. The van der Waals surface area contributed by atoms with Gasteiger partial charge in [-0.3, -0.25) is 0 Å². The summed E-state index contributed by atoms with van der Waals surface area (Å²) >= 11 is 0. The number of esters is 1. The van der Waals surface area contributed by atoms with Crippen LogP contribution in [0.5, 0.6) is 0 Å². The number of benzene rings is 4. The highest BCUT2D eigenvalue weighted by Crippen LogP contribution is 2.31. The number of aromatic nitrogens is 4. The number of fused-ring (bicyclic) bond motifs is 2. The number of carbonyl (C=O) groups excluding carboxylic acids is 1. The van der Waals surface area contributed by atoms with E-state index < -0.39 is 5.60 Å². The number of nitrogens with zero attached hydrogens (tertiary/aromatic N) is 4. The first-order valence-corrected chi connectivity index (χ1v) is 15.5. The van der Waals surface area contributed by atoms with E-state index in [2.05, 4.69) is 84.6 Å². The number of aryl methyl sites for hydroxylation is 3. The molecule has 0 fully saturated rings. The summed E-state index contributed by atoms with van der Waals surface area (Å²) in [6.07, 6.45) is 3.12. The Kier molecular flexibility index (Phi) is 7.85. The third kappa shape index (κ3) is 5.77. The molecule has 6 nitrogen and oxygen atoms in total. The van der Waals surface area contributed by atoms with Crippen LogP contribution < -0.4 is 0 Å². The summed E-state index contributed by atoms with van der Waals surface area (Å²) in [5.74, 6) is 1.74. The predicted molar refractivity (Wildman–Crippen MR) is 179 cm³/mol. The van der Waals surface area contributed by atoms with Crippen molar-refractivity contribution in [2.45, 2.75) is 66.0 Å². The summed E-state index contributed by atoms with van der Waals surface area (Å²) in [7, 11) is 2.08. The topological polar surface area (TPSA) is 61.9 Å². The number of carbonyl (C=O) groups is 1. The molecule has 6 heteroatoms. The first-order valence-electron chi connectivity index (χ1n) is 15.5. The second kappa shape index (κ2) is 11.8. The summed E-state index contributed by atoms with van der Waals surface area (Å²) in [4.78, 5) is 23.1. The minimum absolute atomic E-state index is 0.311. The molecular formula is C38H40N4O2. The van der Waals surface area contributed by atoms with Crippen molar-refractivity contribution in [2.75, 3.05) is 0 Å². The SMILES string of the molecule is CCCCc1nc2c(C)cc(-c3nc4ccccc4n3C)cc2n1Cc1ccc(-c2ccccc2C(=O)OC(C)(C)C)cc1. The molecule has 0 radical (unpaired) electrons. The zero-order valence-electron chi connectivity index (χ0n) is 26.5. The van der Waals surface area contributed by atoms with Crippen LogP contribution in [0.3, 0.4) is 0 Å². The lowest BCUT2D eigenvalue weighted by molar-refractivity contribution is 0.00704. The molecule has 0 atom stereocenters. The lowest BCUT2D eigenvalue weighted by Crippen LogP contribution is -2.24. The molecule has 2 aromatic heterocycles. The molecule has 4 aromatic carbocycles. The van der Waals surface area contributed by atoms with Crippen LogP contribution >= 0.6 is 0 Å². The summed E-state index contributed by atoms with van der Waals surface area (Å²) < 4.78 is 10.2. The maximum Gasteiger partial charge on any atom is 0.339 e. The number of ether oxygens (including phenoxy) is 1. The lowest BCUT2D eigenvalue weighted by atomic mass is 9.98. The van der Waals surface area contributed by atoms with Gasteiger partial charge in [0.2, 0.25) is 0 Å². The van der Waals surface area contributed by atoms with Crippen LogP contribution in [-0.2, 0) is 24.8 Å². The van der Waals surface area contributed by atoms with E-state index in [4.69, 9.17) is 14.7 Å². The monoisotopic (exact) mass is 584 g/mol. The molecule has 6 rings (SSSR count). The fraction of sp³-hybridized carbons (Fsp3) is 0.289. The second-order valence-corrected chi connectivity index (χ2v) is 12.6. The second-order valence-electron chi connectivity index (χ2n) is 12.6. The van der Waals surface area contributed by atoms with Gasteiger partial charge in [-0.05, 0) is 86.7 Å². The molecule has 2 heterocycles. The van der Waals surface area contributed by atoms with Crippen LogP contribution in [0.1, 0.15) is 67.8 Å². The largest absolute Gasteiger partial charge is 0.456 e. The van der Waals surface area contributed by atoms with Gasteiger partial charge in [0.15, 0.2) is 0 Å². The predicted octanol–water partition coefficient (Wildman–Crippen LogP) is 8.91. The Balaban J connectivity index is 1.38. The molecule has 0 bridgehead atoms. The third-order valence-electron chi connectivity index (χ3n) is 8.07. The molecule has 0 unspecified atom stereocenters. The van der Waals surface area contributed by atoms with Crippen molar-refractivity contribution >= 4 is 28.0 Å². The Bertz CT molecular complexity index is 1970. The Labute approximate surface area is 259 Å². The van der Waals surface area contributed by atoms with Crippen molar-refractivity contribution in [2.24, 2.45) is 7.05 Å². The summed E-state index contributed by atoms with van der Waals surface area (Å²) in [5.41, 5.74) is 9.55. The minimum Gasteiger partial charge on any atom is -0.456 e. The van der Waals surface area contributed by atoms with Gasteiger partial charge in [-0.2, -0.15) is 0 Å². The molecule has 0 saturated heterocycles. The van der Waals surface area contributed by atoms with E-state index in [0.717, 1.165) is 75.2 Å². The van der Waals surface area contributed by atoms with Gasteiger partial charge in [-0.1, -0.05) is 67.9 Å².